The number of ether oxygens (including phenoxy) is 1. The normalized spacial score (nSPS) is 27.4. The Labute approximate surface area is 121 Å². The minimum Gasteiger partial charge on any atom is -0.465 e. The molecular weight excluding hydrogens is 254 g/mol. The topological polar surface area (TPSA) is 46.6 Å². The van der Waals surface area contributed by atoms with E-state index < -0.39 is 0 Å². The van der Waals surface area contributed by atoms with Crippen LogP contribution in [0.5, 0.6) is 0 Å². The van der Waals surface area contributed by atoms with Gasteiger partial charge in [0.1, 0.15) is 6.04 Å². The predicted molar refractivity (Wildman–Crippen MR) is 77.3 cm³/mol. The van der Waals surface area contributed by atoms with Crippen LogP contribution >= 0.6 is 0 Å². The van der Waals surface area contributed by atoms with Crippen LogP contribution in [-0.2, 0) is 14.3 Å². The Balaban J connectivity index is 1.95. The van der Waals surface area contributed by atoms with E-state index in [1.807, 2.05) is 13.8 Å². The molecule has 0 aromatic heterocycles. The summed E-state index contributed by atoms with van der Waals surface area (Å²) in [7, 11) is 0. The summed E-state index contributed by atoms with van der Waals surface area (Å²) in [5, 5.41) is 0. The number of likely N-dealkylation sites (tertiary alicyclic amines) is 1. The van der Waals surface area contributed by atoms with Crippen LogP contribution in [0, 0.1) is 11.8 Å². The molecule has 3 atom stereocenters. The van der Waals surface area contributed by atoms with Crippen molar-refractivity contribution in [2.75, 3.05) is 19.7 Å². The third-order valence-corrected chi connectivity index (χ3v) is 4.44. The number of fused-ring (bicyclic) bond motifs is 1. The van der Waals surface area contributed by atoms with Gasteiger partial charge in [0.05, 0.1) is 6.61 Å². The van der Waals surface area contributed by atoms with Crippen LogP contribution in [0.2, 0.25) is 0 Å². The van der Waals surface area contributed by atoms with Crippen molar-refractivity contribution in [2.45, 2.75) is 46.1 Å². The van der Waals surface area contributed by atoms with E-state index >= 15 is 0 Å². The number of rotatable bonds is 6. The molecule has 0 aromatic carbocycles. The largest absolute Gasteiger partial charge is 0.465 e. The molecular formula is C16H25NO3. The Hall–Kier alpha value is -1.16. The zero-order valence-corrected chi connectivity index (χ0v) is 12.7. The van der Waals surface area contributed by atoms with E-state index in [1.165, 1.54) is 0 Å². The van der Waals surface area contributed by atoms with Crippen molar-refractivity contribution >= 4 is 11.8 Å². The van der Waals surface area contributed by atoms with Gasteiger partial charge in [-0.1, -0.05) is 19.4 Å². The van der Waals surface area contributed by atoms with E-state index in [9.17, 15) is 9.59 Å². The van der Waals surface area contributed by atoms with Crippen LogP contribution in [0.3, 0.4) is 0 Å². The highest BCUT2D eigenvalue weighted by atomic mass is 16.5. The van der Waals surface area contributed by atoms with Gasteiger partial charge < -0.3 is 4.74 Å². The van der Waals surface area contributed by atoms with Crippen LogP contribution < -0.4 is 0 Å². The van der Waals surface area contributed by atoms with Crippen molar-refractivity contribution in [1.29, 1.82) is 0 Å². The number of esters is 1. The second kappa shape index (κ2) is 6.53. The lowest BCUT2D eigenvalue weighted by Crippen LogP contribution is -2.39. The maximum absolute atomic E-state index is 12.3. The molecule has 1 heterocycles. The molecule has 112 valence electrons. The number of hydrogen-bond acceptors (Lipinski definition) is 4. The smallest absolute Gasteiger partial charge is 0.323 e. The minimum atomic E-state index is -0.249. The molecule has 4 heteroatoms. The summed E-state index contributed by atoms with van der Waals surface area (Å²) in [5.74, 6) is 0.488. The van der Waals surface area contributed by atoms with E-state index in [1.54, 1.807) is 0 Å². The Kier molecular flexibility index (Phi) is 4.97. The summed E-state index contributed by atoms with van der Waals surface area (Å²) in [4.78, 5) is 26.2. The molecule has 0 radical (unpaired) electrons. The van der Waals surface area contributed by atoms with Crippen molar-refractivity contribution in [3.63, 3.8) is 0 Å². The second-order valence-electron chi connectivity index (χ2n) is 5.81. The SMILES string of the molecule is CCCCC1=C[C@@H]2CN([C@@H](C)C(=O)OCC)C[C@@H]2C1=O. The van der Waals surface area contributed by atoms with Crippen LogP contribution in [0.15, 0.2) is 11.6 Å². The molecule has 1 saturated heterocycles. The lowest BCUT2D eigenvalue weighted by Gasteiger charge is -2.22. The quantitative estimate of drug-likeness (QED) is 0.699. The van der Waals surface area contributed by atoms with Crippen molar-refractivity contribution in [2.24, 2.45) is 11.8 Å². The number of Topliss-reactive ketones (excluding diaryl/α,β-unsaturated/α-hetero) is 1. The van der Waals surface area contributed by atoms with E-state index in [-0.39, 0.29) is 17.9 Å². The summed E-state index contributed by atoms with van der Waals surface area (Å²) < 4.78 is 5.06. The average molecular weight is 279 g/mol. The number of carbonyl (C=O) groups is 2. The highest BCUT2D eigenvalue weighted by molar-refractivity contribution is 6.00. The summed E-state index contributed by atoms with van der Waals surface area (Å²) in [6.07, 6.45) is 5.27. The molecule has 2 aliphatic rings. The van der Waals surface area contributed by atoms with Crippen molar-refractivity contribution in [3.05, 3.63) is 11.6 Å². The molecule has 0 N–H and O–H groups in total. The van der Waals surface area contributed by atoms with Gasteiger partial charge in [-0.15, -0.1) is 0 Å². The molecule has 0 aromatic rings. The fourth-order valence-corrected chi connectivity index (χ4v) is 3.19. The number of unbranched alkanes of at least 4 members (excludes halogenated alkanes) is 1. The molecule has 0 saturated carbocycles. The molecule has 1 aliphatic carbocycles. The van der Waals surface area contributed by atoms with Gasteiger partial charge >= 0.3 is 5.97 Å². The highest BCUT2D eigenvalue weighted by Gasteiger charge is 2.44. The van der Waals surface area contributed by atoms with Gasteiger partial charge in [0.25, 0.3) is 0 Å². The van der Waals surface area contributed by atoms with Gasteiger partial charge in [-0.05, 0) is 32.3 Å². The standard InChI is InChI=1S/C16H25NO3/c1-4-6-7-12-8-13-9-17(10-14(13)15(12)18)11(3)16(19)20-5-2/h8,11,13-14H,4-7,9-10H2,1-3H3/t11-,13+,14-/m0/s1. The Morgan fingerprint density at radius 3 is 2.80 bits per heavy atom. The van der Waals surface area contributed by atoms with Crippen LogP contribution in [0.25, 0.3) is 0 Å². The van der Waals surface area contributed by atoms with Crippen molar-refractivity contribution < 1.29 is 14.3 Å². The first-order valence-electron chi connectivity index (χ1n) is 7.74. The maximum atomic E-state index is 12.3. The summed E-state index contributed by atoms with van der Waals surface area (Å²) in [6.45, 7) is 7.72. The molecule has 2 rings (SSSR count). The zero-order chi connectivity index (χ0) is 14.7. The first-order chi connectivity index (χ1) is 9.58. The summed E-state index contributed by atoms with van der Waals surface area (Å²) in [5.41, 5.74) is 1.02. The van der Waals surface area contributed by atoms with Crippen LogP contribution in [-0.4, -0.2) is 42.4 Å². The number of carbonyl (C=O) groups excluding carboxylic acids is 2. The zero-order valence-electron chi connectivity index (χ0n) is 12.7. The summed E-state index contributed by atoms with van der Waals surface area (Å²) >= 11 is 0. The average Bonchev–Trinajstić information content (AvgIpc) is 2.96. The lowest BCUT2D eigenvalue weighted by molar-refractivity contribution is -0.148. The molecule has 0 unspecified atom stereocenters. The Bertz CT molecular complexity index is 416. The van der Waals surface area contributed by atoms with Crippen molar-refractivity contribution in [3.8, 4) is 0 Å². The minimum absolute atomic E-state index is 0.0683. The van der Waals surface area contributed by atoms with Crippen LogP contribution in [0.1, 0.15) is 40.0 Å². The second-order valence-corrected chi connectivity index (χ2v) is 5.81. The third-order valence-electron chi connectivity index (χ3n) is 4.44. The molecule has 0 amide bonds. The molecule has 1 aliphatic heterocycles. The fraction of sp³-hybridized carbons (Fsp3) is 0.750. The number of ketones is 1. The molecule has 0 spiro atoms. The molecule has 0 bridgehead atoms. The van der Waals surface area contributed by atoms with E-state index in [0.717, 1.165) is 31.4 Å². The van der Waals surface area contributed by atoms with Gasteiger partial charge in [-0.2, -0.15) is 0 Å². The van der Waals surface area contributed by atoms with Gasteiger partial charge in [0.2, 0.25) is 0 Å². The Morgan fingerprint density at radius 2 is 2.20 bits per heavy atom. The highest BCUT2D eigenvalue weighted by Crippen LogP contribution is 2.36. The third kappa shape index (κ3) is 2.95. The first-order valence-corrected chi connectivity index (χ1v) is 7.74. The molecule has 1 fully saturated rings. The van der Waals surface area contributed by atoms with E-state index in [0.29, 0.717) is 24.9 Å². The van der Waals surface area contributed by atoms with Gasteiger partial charge in [0, 0.05) is 24.9 Å². The van der Waals surface area contributed by atoms with Gasteiger partial charge in [0.15, 0.2) is 5.78 Å². The fourth-order valence-electron chi connectivity index (χ4n) is 3.19. The Morgan fingerprint density at radius 1 is 1.45 bits per heavy atom. The van der Waals surface area contributed by atoms with Gasteiger partial charge in [-0.3, -0.25) is 14.5 Å². The molecule has 4 nitrogen and oxygen atoms in total. The van der Waals surface area contributed by atoms with Gasteiger partial charge in [-0.25, -0.2) is 0 Å². The van der Waals surface area contributed by atoms with E-state index in [4.69, 9.17) is 4.74 Å². The van der Waals surface area contributed by atoms with Crippen molar-refractivity contribution in [1.82, 2.24) is 4.90 Å². The predicted octanol–water partition coefficient (Wildman–Crippen LogP) is 2.19. The lowest BCUT2D eigenvalue weighted by atomic mass is 9.97. The van der Waals surface area contributed by atoms with Crippen LogP contribution in [0.4, 0.5) is 0 Å². The molecule has 20 heavy (non-hydrogen) atoms. The summed E-state index contributed by atoms with van der Waals surface area (Å²) in [6, 6.07) is -0.249. The number of nitrogens with zero attached hydrogens (tertiary/aromatic N) is 1. The monoisotopic (exact) mass is 279 g/mol. The maximum Gasteiger partial charge on any atom is 0.323 e. The first kappa shape index (κ1) is 15.2. The number of allylic oxidation sites excluding steroid dienone is 1. The van der Waals surface area contributed by atoms with E-state index in [2.05, 4.69) is 17.9 Å². The number of hydrogen-bond donors (Lipinski definition) is 0.